The summed E-state index contributed by atoms with van der Waals surface area (Å²) in [5.74, 6) is -0.120. The number of nitrogens with zero attached hydrogens (tertiary/aromatic N) is 4. The van der Waals surface area contributed by atoms with E-state index < -0.39 is 11.4 Å². The smallest absolute Gasteiger partial charge is 0.151 e. The van der Waals surface area contributed by atoms with Gasteiger partial charge < -0.3 is 9.84 Å². The first-order valence-corrected chi connectivity index (χ1v) is 14.8. The summed E-state index contributed by atoms with van der Waals surface area (Å²) in [5.41, 5.74) is 2.16. The molecule has 6 nitrogen and oxygen atoms in total. The van der Waals surface area contributed by atoms with Crippen molar-refractivity contribution in [3.63, 3.8) is 0 Å². The summed E-state index contributed by atoms with van der Waals surface area (Å²) < 4.78 is 23.6. The fourth-order valence-corrected chi connectivity index (χ4v) is 8.38. The fraction of sp³-hybridized carbons (Fsp3) is 0.414. The number of rotatable bonds is 6. The third kappa shape index (κ3) is 4.18. The minimum atomic E-state index is -1.12. The average Bonchev–Trinajstić information content (AvgIpc) is 3.49. The normalized spacial score (nSPS) is 26.3. The zero-order valence-corrected chi connectivity index (χ0v) is 23.2. The molecule has 2 bridgehead atoms. The Bertz CT molecular complexity index is 1610. The molecule has 3 aliphatic carbocycles. The van der Waals surface area contributed by atoms with Crippen LogP contribution in [0.2, 0.25) is 10.0 Å². The molecule has 39 heavy (non-hydrogen) atoms. The molecule has 0 saturated heterocycles. The van der Waals surface area contributed by atoms with Gasteiger partial charge in [-0.15, -0.1) is 11.3 Å². The van der Waals surface area contributed by atoms with Crippen LogP contribution in [-0.2, 0) is 16.9 Å². The lowest BCUT2D eigenvalue weighted by Crippen LogP contribution is -2.44. The summed E-state index contributed by atoms with van der Waals surface area (Å²) >= 11 is 14.3. The summed E-state index contributed by atoms with van der Waals surface area (Å²) in [4.78, 5) is 4.54. The van der Waals surface area contributed by atoms with E-state index in [2.05, 4.69) is 10.1 Å². The van der Waals surface area contributed by atoms with Crippen molar-refractivity contribution in [3.05, 3.63) is 74.2 Å². The Morgan fingerprint density at radius 3 is 2.54 bits per heavy atom. The van der Waals surface area contributed by atoms with Gasteiger partial charge in [0.15, 0.2) is 5.82 Å². The van der Waals surface area contributed by atoms with E-state index in [4.69, 9.17) is 27.9 Å². The van der Waals surface area contributed by atoms with Gasteiger partial charge in [0.25, 0.3) is 0 Å². The van der Waals surface area contributed by atoms with Crippen molar-refractivity contribution in [2.45, 2.75) is 62.8 Å². The molecular formula is C29H25Cl2FN4O2S. The number of para-hydroxylation sites is 1. The summed E-state index contributed by atoms with van der Waals surface area (Å²) in [5, 5.41) is 27.4. The van der Waals surface area contributed by atoms with Crippen LogP contribution in [0.5, 0.6) is 0 Å². The maximum absolute atomic E-state index is 14.6. The second-order valence-corrected chi connectivity index (χ2v) is 12.8. The van der Waals surface area contributed by atoms with Gasteiger partial charge in [-0.3, -0.25) is 0 Å². The molecule has 2 heterocycles. The largest absolute Gasteiger partial charge is 0.382 e. The molecule has 10 heteroatoms. The van der Waals surface area contributed by atoms with Gasteiger partial charge in [0, 0.05) is 0 Å². The summed E-state index contributed by atoms with van der Waals surface area (Å²) in [7, 11) is 0. The molecule has 7 rings (SSSR count). The lowest BCUT2D eigenvalue weighted by molar-refractivity contribution is -0.116. The molecule has 2 unspecified atom stereocenters. The van der Waals surface area contributed by atoms with E-state index in [1.54, 1.807) is 18.2 Å². The lowest BCUT2D eigenvalue weighted by atomic mass is 9.73. The van der Waals surface area contributed by atoms with E-state index >= 15 is 0 Å². The van der Waals surface area contributed by atoms with Crippen LogP contribution in [0.3, 0.4) is 0 Å². The zero-order chi connectivity index (χ0) is 26.9. The molecule has 0 spiro atoms. The Kier molecular flexibility index (Phi) is 6.22. The third-order valence-electron chi connectivity index (χ3n) is 8.65. The summed E-state index contributed by atoms with van der Waals surface area (Å²) in [6, 6.07) is 10.3. The van der Waals surface area contributed by atoms with Gasteiger partial charge in [0.1, 0.15) is 21.8 Å². The van der Waals surface area contributed by atoms with Crippen molar-refractivity contribution in [3.8, 4) is 11.8 Å². The number of aliphatic hydroxyl groups is 1. The first kappa shape index (κ1) is 25.4. The van der Waals surface area contributed by atoms with Crippen LogP contribution in [0.1, 0.15) is 66.3 Å². The first-order chi connectivity index (χ1) is 18.9. The minimum absolute atomic E-state index is 0.0313. The number of benzene rings is 2. The van der Waals surface area contributed by atoms with Crippen molar-refractivity contribution in [2.24, 2.45) is 11.8 Å². The highest BCUT2D eigenvalue weighted by molar-refractivity contribution is 7.18. The van der Waals surface area contributed by atoms with Crippen molar-refractivity contribution < 1.29 is 14.2 Å². The third-order valence-corrected chi connectivity index (χ3v) is 10.4. The average molecular weight is 584 g/mol. The number of thiazole rings is 1. The molecule has 2 aromatic carbocycles. The Hall–Kier alpha value is -2.54. The number of hydrogen-bond donors (Lipinski definition) is 1. The van der Waals surface area contributed by atoms with E-state index in [1.807, 2.05) is 23.0 Å². The van der Waals surface area contributed by atoms with Gasteiger partial charge in [0.05, 0.1) is 51.0 Å². The molecule has 1 N–H and O–H groups in total. The molecule has 0 aliphatic heterocycles. The minimum Gasteiger partial charge on any atom is -0.382 e. The van der Waals surface area contributed by atoms with E-state index in [-0.39, 0.29) is 29.0 Å². The van der Waals surface area contributed by atoms with Crippen LogP contribution in [0.15, 0.2) is 36.5 Å². The molecule has 3 fully saturated rings. The van der Waals surface area contributed by atoms with E-state index in [9.17, 15) is 14.8 Å². The molecule has 3 aliphatic rings. The quantitative estimate of drug-likeness (QED) is 0.258. The number of fused-ring (bicyclic) bond motifs is 3. The number of halogens is 3. The zero-order valence-electron chi connectivity index (χ0n) is 20.9. The van der Waals surface area contributed by atoms with Gasteiger partial charge >= 0.3 is 0 Å². The molecular weight excluding hydrogens is 558 g/mol. The Morgan fingerprint density at radius 2 is 1.87 bits per heavy atom. The predicted molar refractivity (Wildman–Crippen MR) is 148 cm³/mol. The standard InChI is InChI=1S/C29H25Cl2FN4O2S/c30-21-2-1-3-22(31)27(21)36-24(20(13-34-36)16-4-5-16)14-38-19-10-17-6-7-18(11-19)29(17,37)28-35-26-23(32)8-15(12-33)9-25(26)39-28/h1-3,8-9,13,16-19,37H,4-7,10-11,14H2. The SMILES string of the molecule is N#Cc1cc(F)c2nc(C3(O)C4CCC3CC(OCc3c(C5CC5)cnn3-c3c(Cl)cccc3Cl)C4)sc2c1. The van der Waals surface area contributed by atoms with Crippen LogP contribution in [0.25, 0.3) is 15.9 Å². The Labute approximate surface area is 238 Å². The second kappa shape index (κ2) is 9.53. The molecule has 2 aromatic heterocycles. The molecule has 0 radical (unpaired) electrons. The van der Waals surface area contributed by atoms with Crippen LogP contribution >= 0.6 is 34.5 Å². The van der Waals surface area contributed by atoms with Crippen molar-refractivity contribution in [2.75, 3.05) is 0 Å². The summed E-state index contributed by atoms with van der Waals surface area (Å²) in [6.45, 7) is 0.374. The van der Waals surface area contributed by atoms with E-state index in [0.29, 0.717) is 50.8 Å². The maximum atomic E-state index is 14.6. The highest BCUT2D eigenvalue weighted by atomic mass is 35.5. The Morgan fingerprint density at radius 1 is 1.15 bits per heavy atom. The van der Waals surface area contributed by atoms with Crippen molar-refractivity contribution in [1.82, 2.24) is 14.8 Å². The molecule has 2 atom stereocenters. The van der Waals surface area contributed by atoms with Crippen LogP contribution < -0.4 is 0 Å². The highest BCUT2D eigenvalue weighted by Gasteiger charge is 2.56. The number of nitriles is 1. The van der Waals surface area contributed by atoms with Crippen molar-refractivity contribution >= 4 is 44.8 Å². The number of ether oxygens (including phenoxy) is 1. The van der Waals surface area contributed by atoms with Crippen LogP contribution in [0.4, 0.5) is 4.39 Å². The monoisotopic (exact) mass is 582 g/mol. The van der Waals surface area contributed by atoms with Gasteiger partial charge in [-0.25, -0.2) is 14.1 Å². The van der Waals surface area contributed by atoms with E-state index in [0.717, 1.165) is 31.4 Å². The van der Waals surface area contributed by atoms with E-state index in [1.165, 1.54) is 23.0 Å². The lowest BCUT2D eigenvalue weighted by Gasteiger charge is -2.41. The molecule has 3 saturated carbocycles. The van der Waals surface area contributed by atoms with Crippen LogP contribution in [0, 0.1) is 29.0 Å². The van der Waals surface area contributed by atoms with Gasteiger partial charge in [-0.05, 0) is 86.1 Å². The highest BCUT2D eigenvalue weighted by Crippen LogP contribution is 2.57. The molecule has 4 aromatic rings. The number of aromatic nitrogens is 3. The topological polar surface area (TPSA) is 84.0 Å². The van der Waals surface area contributed by atoms with Gasteiger partial charge in [-0.2, -0.15) is 10.4 Å². The molecule has 200 valence electrons. The van der Waals surface area contributed by atoms with Crippen LogP contribution in [-0.4, -0.2) is 26.0 Å². The van der Waals surface area contributed by atoms with Gasteiger partial charge in [-0.1, -0.05) is 29.3 Å². The fourth-order valence-electron chi connectivity index (χ4n) is 6.56. The maximum Gasteiger partial charge on any atom is 0.151 e. The molecule has 0 amide bonds. The second-order valence-electron chi connectivity index (χ2n) is 10.9. The van der Waals surface area contributed by atoms with Gasteiger partial charge in [0.2, 0.25) is 0 Å². The Balaban J connectivity index is 1.14. The number of hydrogen-bond acceptors (Lipinski definition) is 6. The summed E-state index contributed by atoms with van der Waals surface area (Å²) in [6.07, 6.45) is 7.25. The predicted octanol–water partition coefficient (Wildman–Crippen LogP) is 7.27. The van der Waals surface area contributed by atoms with Crippen molar-refractivity contribution in [1.29, 1.82) is 5.26 Å². The first-order valence-electron chi connectivity index (χ1n) is 13.2.